The van der Waals surface area contributed by atoms with Crippen LogP contribution in [0.25, 0.3) is 0 Å². The average molecular weight is 415 g/mol. The van der Waals surface area contributed by atoms with Crippen molar-refractivity contribution in [3.63, 3.8) is 0 Å². The highest BCUT2D eigenvalue weighted by Gasteiger charge is 2.21. The van der Waals surface area contributed by atoms with Gasteiger partial charge in [-0.2, -0.15) is 0 Å². The third-order valence-corrected chi connectivity index (χ3v) is 5.32. The molecule has 1 aliphatic heterocycles. The zero-order valence-corrected chi connectivity index (χ0v) is 17.6. The molecule has 158 valence electrons. The fourth-order valence-electron chi connectivity index (χ4n) is 3.98. The molecule has 1 amide bonds. The van der Waals surface area contributed by atoms with Crippen LogP contribution in [0.2, 0.25) is 0 Å². The number of hydrogen-bond acceptors (Lipinski definition) is 4. The first-order valence-electron chi connectivity index (χ1n) is 10.6. The molecule has 31 heavy (non-hydrogen) atoms. The Morgan fingerprint density at radius 2 is 1.74 bits per heavy atom. The molecule has 5 nitrogen and oxygen atoms in total. The molecule has 0 spiro atoms. The number of ketones is 1. The number of rotatable bonds is 7. The SMILES string of the molecule is CC(=O)Cc1ccccc1N1CCCc2cc(NC(=O)COc3ccccc3)ccc21. The molecular formula is C26H26N2O3. The molecule has 1 heterocycles. The fourth-order valence-corrected chi connectivity index (χ4v) is 3.98. The van der Waals surface area contributed by atoms with E-state index in [2.05, 4.69) is 16.3 Å². The molecule has 0 unspecified atom stereocenters. The van der Waals surface area contributed by atoms with Crippen molar-refractivity contribution in [2.24, 2.45) is 0 Å². The van der Waals surface area contributed by atoms with Gasteiger partial charge in [-0.05, 0) is 67.3 Å². The summed E-state index contributed by atoms with van der Waals surface area (Å²) in [7, 11) is 0. The van der Waals surface area contributed by atoms with Crippen molar-refractivity contribution in [2.45, 2.75) is 26.2 Å². The molecule has 0 bridgehead atoms. The predicted molar refractivity (Wildman–Crippen MR) is 123 cm³/mol. The second kappa shape index (κ2) is 9.47. The van der Waals surface area contributed by atoms with Gasteiger partial charge >= 0.3 is 0 Å². The quantitative estimate of drug-likeness (QED) is 0.596. The molecule has 5 heteroatoms. The van der Waals surface area contributed by atoms with Gasteiger partial charge in [-0.25, -0.2) is 0 Å². The van der Waals surface area contributed by atoms with Crippen LogP contribution in [0.1, 0.15) is 24.5 Å². The fraction of sp³-hybridized carbons (Fsp3) is 0.231. The Morgan fingerprint density at radius 1 is 0.968 bits per heavy atom. The second-order valence-corrected chi connectivity index (χ2v) is 7.76. The first-order chi connectivity index (χ1) is 15.1. The summed E-state index contributed by atoms with van der Waals surface area (Å²) in [5.74, 6) is 0.631. The number of hydrogen-bond donors (Lipinski definition) is 1. The van der Waals surface area contributed by atoms with E-state index in [9.17, 15) is 9.59 Å². The van der Waals surface area contributed by atoms with Gasteiger partial charge in [0.2, 0.25) is 0 Å². The normalized spacial score (nSPS) is 12.7. The maximum Gasteiger partial charge on any atom is 0.262 e. The summed E-state index contributed by atoms with van der Waals surface area (Å²) >= 11 is 0. The lowest BCUT2D eigenvalue weighted by molar-refractivity contribution is -0.118. The minimum Gasteiger partial charge on any atom is -0.484 e. The van der Waals surface area contributed by atoms with Crippen LogP contribution in [-0.2, 0) is 22.4 Å². The van der Waals surface area contributed by atoms with E-state index in [0.29, 0.717) is 12.2 Å². The Kier molecular flexibility index (Phi) is 6.32. The number of nitrogens with one attached hydrogen (secondary N) is 1. The van der Waals surface area contributed by atoms with Crippen molar-refractivity contribution >= 4 is 28.8 Å². The Balaban J connectivity index is 1.49. The zero-order chi connectivity index (χ0) is 21.6. The van der Waals surface area contributed by atoms with E-state index in [1.54, 1.807) is 6.92 Å². The van der Waals surface area contributed by atoms with Crippen LogP contribution in [0.15, 0.2) is 72.8 Å². The molecule has 0 saturated heterocycles. The number of anilines is 3. The third kappa shape index (κ3) is 5.12. The molecule has 0 atom stereocenters. The standard InChI is InChI=1S/C26H26N2O3/c1-19(29)16-20-8-5-6-12-24(20)28-15-7-9-21-17-22(13-14-25(21)28)27-26(30)18-31-23-10-3-2-4-11-23/h2-6,8,10-14,17H,7,9,15-16,18H2,1H3,(H,27,30). The minimum atomic E-state index is -0.191. The van der Waals surface area contributed by atoms with E-state index in [-0.39, 0.29) is 18.3 Å². The largest absolute Gasteiger partial charge is 0.484 e. The summed E-state index contributed by atoms with van der Waals surface area (Å²) in [6, 6.07) is 23.4. The minimum absolute atomic E-state index is 0.0361. The van der Waals surface area contributed by atoms with Gasteiger partial charge in [-0.3, -0.25) is 9.59 Å². The number of amides is 1. The van der Waals surface area contributed by atoms with Crippen molar-refractivity contribution in [1.82, 2.24) is 0 Å². The molecule has 0 saturated carbocycles. The van der Waals surface area contributed by atoms with Gasteiger partial charge in [0.1, 0.15) is 11.5 Å². The highest BCUT2D eigenvalue weighted by atomic mass is 16.5. The van der Waals surface area contributed by atoms with Crippen LogP contribution < -0.4 is 15.0 Å². The third-order valence-electron chi connectivity index (χ3n) is 5.32. The Bertz CT molecular complexity index is 1080. The average Bonchev–Trinajstić information content (AvgIpc) is 2.78. The maximum absolute atomic E-state index is 12.3. The van der Waals surface area contributed by atoms with Crippen LogP contribution in [0.3, 0.4) is 0 Å². The highest BCUT2D eigenvalue weighted by Crippen LogP contribution is 2.36. The van der Waals surface area contributed by atoms with E-state index in [1.807, 2.05) is 66.7 Å². The van der Waals surface area contributed by atoms with Crippen LogP contribution >= 0.6 is 0 Å². The molecule has 3 aromatic rings. The number of nitrogens with zero attached hydrogens (tertiary/aromatic N) is 1. The predicted octanol–water partition coefficient (Wildman–Crippen LogP) is 4.92. The van der Waals surface area contributed by atoms with E-state index in [1.165, 1.54) is 5.56 Å². The number of fused-ring (bicyclic) bond motifs is 1. The lowest BCUT2D eigenvalue weighted by Crippen LogP contribution is -2.26. The first kappa shape index (κ1) is 20.7. The summed E-state index contributed by atoms with van der Waals surface area (Å²) < 4.78 is 5.52. The van der Waals surface area contributed by atoms with Crippen LogP contribution in [0.5, 0.6) is 5.75 Å². The van der Waals surface area contributed by atoms with Crippen molar-refractivity contribution in [2.75, 3.05) is 23.4 Å². The molecule has 4 rings (SSSR count). The smallest absolute Gasteiger partial charge is 0.262 e. The van der Waals surface area contributed by atoms with Gasteiger partial charge in [-0.1, -0.05) is 36.4 Å². The maximum atomic E-state index is 12.3. The van der Waals surface area contributed by atoms with Crippen molar-refractivity contribution in [1.29, 1.82) is 0 Å². The zero-order valence-electron chi connectivity index (χ0n) is 17.6. The lowest BCUT2D eigenvalue weighted by atomic mass is 9.98. The molecule has 3 aromatic carbocycles. The van der Waals surface area contributed by atoms with Gasteiger partial charge in [0.05, 0.1) is 0 Å². The highest BCUT2D eigenvalue weighted by molar-refractivity contribution is 5.92. The summed E-state index contributed by atoms with van der Waals surface area (Å²) in [5, 5.41) is 2.93. The van der Waals surface area contributed by atoms with Gasteiger partial charge in [0.25, 0.3) is 5.91 Å². The lowest BCUT2D eigenvalue weighted by Gasteiger charge is -2.33. The number of Topliss-reactive ketones (excluding diaryl/α,β-unsaturated/α-hetero) is 1. The second-order valence-electron chi connectivity index (χ2n) is 7.76. The Labute approximate surface area is 182 Å². The molecule has 1 N–H and O–H groups in total. The van der Waals surface area contributed by atoms with Gasteiger partial charge in [0.15, 0.2) is 6.61 Å². The molecular weight excluding hydrogens is 388 g/mol. The van der Waals surface area contributed by atoms with Gasteiger partial charge in [-0.15, -0.1) is 0 Å². The van der Waals surface area contributed by atoms with E-state index in [4.69, 9.17) is 4.74 Å². The van der Waals surface area contributed by atoms with E-state index in [0.717, 1.165) is 42.0 Å². The van der Waals surface area contributed by atoms with E-state index >= 15 is 0 Å². The number of carbonyl (C=O) groups is 2. The number of aryl methyl sites for hydroxylation is 1. The molecule has 0 aromatic heterocycles. The topological polar surface area (TPSA) is 58.6 Å². The van der Waals surface area contributed by atoms with E-state index < -0.39 is 0 Å². The molecule has 0 fully saturated rings. The van der Waals surface area contributed by atoms with Crippen LogP contribution in [0.4, 0.5) is 17.1 Å². The number of para-hydroxylation sites is 2. The van der Waals surface area contributed by atoms with Crippen molar-refractivity contribution in [3.8, 4) is 5.75 Å². The van der Waals surface area contributed by atoms with Crippen molar-refractivity contribution in [3.05, 3.63) is 83.9 Å². The Hall–Kier alpha value is -3.60. The number of ether oxygens (including phenoxy) is 1. The summed E-state index contributed by atoms with van der Waals surface area (Å²) in [5.41, 5.74) is 5.19. The van der Waals surface area contributed by atoms with Crippen LogP contribution in [0, 0.1) is 0 Å². The summed E-state index contributed by atoms with van der Waals surface area (Å²) in [6.07, 6.45) is 2.39. The molecule has 0 aliphatic carbocycles. The molecule has 0 radical (unpaired) electrons. The van der Waals surface area contributed by atoms with Crippen LogP contribution in [-0.4, -0.2) is 24.8 Å². The summed E-state index contributed by atoms with van der Waals surface area (Å²) in [4.78, 5) is 26.3. The Morgan fingerprint density at radius 3 is 2.55 bits per heavy atom. The summed E-state index contributed by atoms with van der Waals surface area (Å²) in [6.45, 7) is 2.49. The monoisotopic (exact) mass is 414 g/mol. The number of benzene rings is 3. The van der Waals surface area contributed by atoms with Gasteiger partial charge in [0, 0.05) is 30.0 Å². The van der Waals surface area contributed by atoms with Gasteiger partial charge < -0.3 is 15.0 Å². The molecule has 1 aliphatic rings. The number of carbonyl (C=O) groups excluding carboxylic acids is 2. The van der Waals surface area contributed by atoms with Crippen molar-refractivity contribution < 1.29 is 14.3 Å². The first-order valence-corrected chi connectivity index (χ1v) is 10.6.